The second-order valence-electron chi connectivity index (χ2n) is 8.10. The van der Waals surface area contributed by atoms with Crippen LogP contribution in [0, 0.1) is 11.6 Å². The van der Waals surface area contributed by atoms with Crippen molar-refractivity contribution in [2.75, 3.05) is 18.4 Å². The third-order valence-electron chi connectivity index (χ3n) is 5.87. The number of carbonyl (C=O) groups excluding carboxylic acids is 1. The van der Waals surface area contributed by atoms with E-state index >= 15 is 0 Å². The van der Waals surface area contributed by atoms with Gasteiger partial charge in [-0.05, 0) is 30.2 Å². The molecule has 3 heterocycles. The predicted molar refractivity (Wildman–Crippen MR) is 121 cm³/mol. The first-order valence-electron chi connectivity index (χ1n) is 10.8. The van der Waals surface area contributed by atoms with Gasteiger partial charge in [-0.25, -0.2) is 23.8 Å². The predicted octanol–water partition coefficient (Wildman–Crippen LogP) is 2.91. The van der Waals surface area contributed by atoms with Gasteiger partial charge in [0.25, 0.3) is 11.5 Å². The highest BCUT2D eigenvalue weighted by Gasteiger charge is 2.29. The molecule has 1 saturated heterocycles. The highest BCUT2D eigenvalue weighted by atomic mass is 19.1. The molecule has 0 bridgehead atoms. The van der Waals surface area contributed by atoms with Gasteiger partial charge in [-0.3, -0.25) is 9.59 Å². The molecule has 1 atom stereocenters. The number of nitrogens with zero attached hydrogens (tertiary/aromatic N) is 4. The number of rotatable bonds is 5. The van der Waals surface area contributed by atoms with Gasteiger partial charge in [0, 0.05) is 49.4 Å². The quantitative estimate of drug-likeness (QED) is 0.473. The van der Waals surface area contributed by atoms with E-state index in [0.717, 1.165) is 6.07 Å². The topological polar surface area (TPSA) is 104 Å². The fourth-order valence-corrected chi connectivity index (χ4v) is 4.17. The summed E-state index contributed by atoms with van der Waals surface area (Å²) in [4.78, 5) is 34.9. The van der Waals surface area contributed by atoms with Crippen molar-refractivity contribution in [1.29, 1.82) is 0 Å². The van der Waals surface area contributed by atoms with Crippen LogP contribution >= 0.6 is 0 Å². The molecule has 2 aromatic heterocycles. The molecule has 4 aromatic rings. The van der Waals surface area contributed by atoms with Gasteiger partial charge >= 0.3 is 0 Å². The molecule has 0 spiro atoms. The van der Waals surface area contributed by atoms with Crippen LogP contribution in [0.15, 0.2) is 59.7 Å². The Balaban J connectivity index is 1.38. The second kappa shape index (κ2) is 8.97. The number of aromatic amines is 1. The standard InChI is InChI=1S/C24H20F2N6O2/c25-19-12-20(26)18(23(34)32-9-6-15(13-32)29-24-27-7-3-8-28-24)10-14(19)11-21-16-4-1-2-5-17(16)22(33)31-30-21/h1-5,7-8,10,12,15H,6,9,11,13H2,(H,31,33)(H,27,28,29)/t15-/m1/s1. The Kier molecular flexibility index (Phi) is 5.70. The summed E-state index contributed by atoms with van der Waals surface area (Å²) in [7, 11) is 0. The summed E-state index contributed by atoms with van der Waals surface area (Å²) in [6.07, 6.45) is 3.86. The van der Waals surface area contributed by atoms with Crippen LogP contribution in [0.5, 0.6) is 0 Å². The van der Waals surface area contributed by atoms with Gasteiger partial charge in [-0.2, -0.15) is 5.10 Å². The molecule has 172 valence electrons. The molecule has 1 fully saturated rings. The van der Waals surface area contributed by atoms with E-state index in [1.165, 1.54) is 11.0 Å². The number of anilines is 1. The molecule has 34 heavy (non-hydrogen) atoms. The first-order valence-corrected chi connectivity index (χ1v) is 10.8. The zero-order valence-electron chi connectivity index (χ0n) is 18.0. The lowest BCUT2D eigenvalue weighted by atomic mass is 10.0. The summed E-state index contributed by atoms with van der Waals surface area (Å²) in [6.45, 7) is 0.761. The molecule has 2 aromatic carbocycles. The number of benzene rings is 2. The van der Waals surface area contributed by atoms with E-state index in [1.54, 1.807) is 42.7 Å². The van der Waals surface area contributed by atoms with E-state index in [-0.39, 0.29) is 29.1 Å². The van der Waals surface area contributed by atoms with Gasteiger partial charge in [0.05, 0.1) is 16.6 Å². The van der Waals surface area contributed by atoms with E-state index < -0.39 is 17.5 Å². The third-order valence-corrected chi connectivity index (χ3v) is 5.87. The Morgan fingerprint density at radius 1 is 1.09 bits per heavy atom. The van der Waals surface area contributed by atoms with Gasteiger partial charge < -0.3 is 10.2 Å². The Labute approximate surface area is 192 Å². The normalized spacial score (nSPS) is 15.6. The second-order valence-corrected chi connectivity index (χ2v) is 8.10. The van der Waals surface area contributed by atoms with Gasteiger partial charge in [0.2, 0.25) is 5.95 Å². The van der Waals surface area contributed by atoms with Crippen LogP contribution < -0.4 is 10.9 Å². The van der Waals surface area contributed by atoms with E-state index in [1.807, 2.05) is 0 Å². The molecular formula is C24H20F2N6O2. The number of amides is 1. The van der Waals surface area contributed by atoms with Crippen LogP contribution in [0.3, 0.4) is 0 Å². The lowest BCUT2D eigenvalue weighted by molar-refractivity contribution is 0.0786. The minimum absolute atomic E-state index is 0.0147. The average Bonchev–Trinajstić information content (AvgIpc) is 3.31. The smallest absolute Gasteiger partial charge is 0.272 e. The van der Waals surface area contributed by atoms with Gasteiger partial charge in [0.1, 0.15) is 11.6 Å². The molecule has 8 nitrogen and oxygen atoms in total. The number of carbonyl (C=O) groups is 1. The largest absolute Gasteiger partial charge is 0.350 e. The molecule has 10 heteroatoms. The summed E-state index contributed by atoms with van der Waals surface area (Å²) in [5.74, 6) is -1.77. The number of aromatic nitrogens is 4. The van der Waals surface area contributed by atoms with Crippen LogP contribution in [0.2, 0.25) is 0 Å². The Bertz CT molecular complexity index is 1430. The van der Waals surface area contributed by atoms with Crippen molar-refractivity contribution in [3.05, 3.63) is 93.7 Å². The van der Waals surface area contributed by atoms with Crippen LogP contribution in [0.25, 0.3) is 10.8 Å². The summed E-state index contributed by atoms with van der Waals surface area (Å²) in [6, 6.07) is 10.4. The van der Waals surface area contributed by atoms with Crippen molar-refractivity contribution in [3.8, 4) is 0 Å². The number of nitrogens with one attached hydrogen (secondary N) is 2. The molecule has 5 rings (SSSR count). The number of H-pyrrole nitrogens is 1. The van der Waals surface area contributed by atoms with E-state index in [0.29, 0.717) is 41.9 Å². The van der Waals surface area contributed by atoms with Crippen molar-refractivity contribution in [3.63, 3.8) is 0 Å². The summed E-state index contributed by atoms with van der Waals surface area (Å²) in [5.41, 5.74) is -0.0250. The van der Waals surface area contributed by atoms with Crippen LogP contribution in [-0.4, -0.2) is 50.1 Å². The van der Waals surface area contributed by atoms with Crippen molar-refractivity contribution in [1.82, 2.24) is 25.1 Å². The minimum Gasteiger partial charge on any atom is -0.350 e. The maximum absolute atomic E-state index is 14.7. The van der Waals surface area contributed by atoms with Crippen molar-refractivity contribution in [2.45, 2.75) is 18.9 Å². The number of likely N-dealkylation sites (tertiary alicyclic amines) is 1. The molecular weight excluding hydrogens is 442 g/mol. The molecule has 0 saturated carbocycles. The first kappa shape index (κ1) is 21.6. The molecule has 0 radical (unpaired) electrons. The molecule has 1 amide bonds. The third kappa shape index (κ3) is 4.21. The number of hydrogen-bond acceptors (Lipinski definition) is 6. The van der Waals surface area contributed by atoms with E-state index in [2.05, 4.69) is 25.5 Å². The Hall–Kier alpha value is -4.21. The fourth-order valence-electron chi connectivity index (χ4n) is 4.17. The minimum atomic E-state index is -0.923. The van der Waals surface area contributed by atoms with Crippen molar-refractivity contribution in [2.24, 2.45) is 0 Å². The highest BCUT2D eigenvalue weighted by Crippen LogP contribution is 2.23. The molecule has 2 N–H and O–H groups in total. The number of halogens is 2. The van der Waals surface area contributed by atoms with E-state index in [9.17, 15) is 18.4 Å². The van der Waals surface area contributed by atoms with Gasteiger partial charge in [-0.15, -0.1) is 0 Å². The molecule has 0 aliphatic carbocycles. The van der Waals surface area contributed by atoms with Crippen LogP contribution in [0.1, 0.15) is 28.0 Å². The highest BCUT2D eigenvalue weighted by molar-refractivity contribution is 5.95. The molecule has 1 aliphatic heterocycles. The van der Waals surface area contributed by atoms with Crippen molar-refractivity contribution < 1.29 is 13.6 Å². The lowest BCUT2D eigenvalue weighted by Gasteiger charge is -2.18. The van der Waals surface area contributed by atoms with Gasteiger partial charge in [0.15, 0.2) is 0 Å². The Morgan fingerprint density at radius 2 is 1.85 bits per heavy atom. The number of fused-ring (bicyclic) bond motifs is 1. The van der Waals surface area contributed by atoms with Gasteiger partial charge in [-0.1, -0.05) is 18.2 Å². The van der Waals surface area contributed by atoms with Crippen LogP contribution in [-0.2, 0) is 6.42 Å². The Morgan fingerprint density at radius 3 is 2.65 bits per heavy atom. The molecule has 0 unspecified atom stereocenters. The zero-order chi connectivity index (χ0) is 23.7. The zero-order valence-corrected chi connectivity index (χ0v) is 18.0. The van der Waals surface area contributed by atoms with Crippen molar-refractivity contribution >= 4 is 22.6 Å². The summed E-state index contributed by atoms with van der Waals surface area (Å²) < 4.78 is 29.3. The van der Waals surface area contributed by atoms with Crippen LogP contribution in [0.4, 0.5) is 14.7 Å². The number of hydrogen-bond donors (Lipinski definition) is 2. The summed E-state index contributed by atoms with van der Waals surface area (Å²) in [5, 5.41) is 10.6. The van der Waals surface area contributed by atoms with E-state index in [4.69, 9.17) is 0 Å². The first-order chi connectivity index (χ1) is 16.5. The fraction of sp³-hybridized carbons (Fsp3) is 0.208. The average molecular weight is 462 g/mol. The maximum Gasteiger partial charge on any atom is 0.272 e. The maximum atomic E-state index is 14.7. The lowest BCUT2D eigenvalue weighted by Crippen LogP contribution is -2.32. The summed E-state index contributed by atoms with van der Waals surface area (Å²) >= 11 is 0. The monoisotopic (exact) mass is 462 g/mol. The SMILES string of the molecule is O=C(c1cc(Cc2n[nH]c(=O)c3ccccc23)c(F)cc1F)N1CC[C@@H](Nc2ncccn2)C1. The molecule has 1 aliphatic rings.